The lowest BCUT2D eigenvalue weighted by Gasteiger charge is -2.16. The maximum absolute atomic E-state index is 11.1. The van der Waals surface area contributed by atoms with Crippen molar-refractivity contribution in [2.75, 3.05) is 0 Å². The standard InChI is InChI=1S/C14H17ClN2O3S/c1-2-13(10-4-3-5-11(15)8-10)17-9-12-6-7-14(20-12)21(16,18)19/h3-8,13,17H,2,9H2,1H3,(H2,16,18,19). The molecule has 0 amide bonds. The number of hydrogen-bond donors (Lipinski definition) is 2. The van der Waals surface area contributed by atoms with E-state index in [2.05, 4.69) is 12.2 Å². The van der Waals surface area contributed by atoms with Gasteiger partial charge in [0.2, 0.25) is 5.09 Å². The predicted molar refractivity (Wildman–Crippen MR) is 81.4 cm³/mol. The zero-order valence-corrected chi connectivity index (χ0v) is 13.1. The fourth-order valence-electron chi connectivity index (χ4n) is 2.05. The van der Waals surface area contributed by atoms with Gasteiger partial charge in [0.05, 0.1) is 6.54 Å². The summed E-state index contributed by atoms with van der Waals surface area (Å²) in [6.07, 6.45) is 0.864. The van der Waals surface area contributed by atoms with Crippen molar-refractivity contribution >= 4 is 21.6 Å². The Kier molecular flexibility index (Phi) is 5.05. The molecule has 1 aromatic carbocycles. The van der Waals surface area contributed by atoms with Gasteiger partial charge in [-0.15, -0.1) is 0 Å². The Morgan fingerprint density at radius 1 is 1.33 bits per heavy atom. The van der Waals surface area contributed by atoms with Crippen LogP contribution in [0.4, 0.5) is 0 Å². The normalized spacial score (nSPS) is 13.3. The molecule has 0 bridgehead atoms. The third kappa shape index (κ3) is 4.31. The van der Waals surface area contributed by atoms with Gasteiger partial charge in [-0.3, -0.25) is 0 Å². The van der Waals surface area contributed by atoms with Gasteiger partial charge in [-0.1, -0.05) is 30.7 Å². The molecule has 1 heterocycles. The molecule has 3 N–H and O–H groups in total. The summed E-state index contributed by atoms with van der Waals surface area (Å²) in [5, 5.41) is 8.77. The van der Waals surface area contributed by atoms with Crippen molar-refractivity contribution in [3.05, 3.63) is 52.7 Å². The summed E-state index contributed by atoms with van der Waals surface area (Å²) in [6.45, 7) is 2.46. The maximum atomic E-state index is 11.1. The molecule has 0 saturated heterocycles. The largest absolute Gasteiger partial charge is 0.447 e. The van der Waals surface area contributed by atoms with Crippen LogP contribution in [0.3, 0.4) is 0 Å². The Morgan fingerprint density at radius 3 is 2.67 bits per heavy atom. The van der Waals surface area contributed by atoms with E-state index >= 15 is 0 Å². The highest BCUT2D eigenvalue weighted by Gasteiger charge is 2.14. The maximum Gasteiger partial charge on any atom is 0.271 e. The zero-order chi connectivity index (χ0) is 15.5. The number of nitrogens with two attached hydrogens (primary N) is 1. The van der Waals surface area contributed by atoms with Gasteiger partial charge in [0.1, 0.15) is 5.76 Å². The van der Waals surface area contributed by atoms with Gasteiger partial charge < -0.3 is 9.73 Å². The first-order chi connectivity index (χ1) is 9.90. The van der Waals surface area contributed by atoms with Gasteiger partial charge in [0.15, 0.2) is 0 Å². The molecule has 7 heteroatoms. The molecule has 0 fully saturated rings. The van der Waals surface area contributed by atoms with Gasteiger partial charge in [0, 0.05) is 11.1 Å². The van der Waals surface area contributed by atoms with E-state index in [9.17, 15) is 8.42 Å². The Bertz CT molecular complexity index is 713. The average Bonchev–Trinajstić information content (AvgIpc) is 2.88. The third-order valence-corrected chi connectivity index (χ3v) is 4.11. The van der Waals surface area contributed by atoms with Crippen molar-refractivity contribution in [3.8, 4) is 0 Å². The van der Waals surface area contributed by atoms with Gasteiger partial charge in [-0.05, 0) is 36.2 Å². The quantitative estimate of drug-likeness (QED) is 0.853. The van der Waals surface area contributed by atoms with Crippen molar-refractivity contribution in [3.63, 3.8) is 0 Å². The molecule has 0 aliphatic heterocycles. The number of sulfonamides is 1. The van der Waals surface area contributed by atoms with Crippen LogP contribution in [0.25, 0.3) is 0 Å². The first kappa shape index (κ1) is 16.0. The number of benzene rings is 1. The number of furan rings is 1. The van der Waals surface area contributed by atoms with Crippen molar-refractivity contribution in [1.29, 1.82) is 0 Å². The minimum atomic E-state index is -3.80. The van der Waals surface area contributed by atoms with Crippen molar-refractivity contribution in [2.45, 2.75) is 31.0 Å². The Morgan fingerprint density at radius 2 is 2.10 bits per heavy atom. The Hall–Kier alpha value is -1.34. The van der Waals surface area contributed by atoms with Crippen molar-refractivity contribution < 1.29 is 12.8 Å². The predicted octanol–water partition coefficient (Wildman–Crippen LogP) is 2.82. The number of halogens is 1. The van der Waals surface area contributed by atoms with Gasteiger partial charge in [-0.25, -0.2) is 13.6 Å². The van der Waals surface area contributed by atoms with E-state index in [1.165, 1.54) is 6.07 Å². The summed E-state index contributed by atoms with van der Waals surface area (Å²) >= 11 is 5.99. The Balaban J connectivity index is 2.05. The second-order valence-electron chi connectivity index (χ2n) is 4.66. The molecule has 0 saturated carbocycles. The molecule has 0 aliphatic rings. The van der Waals surface area contributed by atoms with Crippen molar-refractivity contribution in [1.82, 2.24) is 5.32 Å². The molecule has 2 aromatic rings. The summed E-state index contributed by atoms with van der Waals surface area (Å²) in [6, 6.07) is 10.7. The molecule has 21 heavy (non-hydrogen) atoms. The van der Waals surface area contributed by atoms with E-state index in [1.807, 2.05) is 24.3 Å². The van der Waals surface area contributed by atoms with E-state index in [1.54, 1.807) is 6.07 Å². The zero-order valence-electron chi connectivity index (χ0n) is 11.5. The summed E-state index contributed by atoms with van der Waals surface area (Å²) in [5.41, 5.74) is 1.07. The van der Waals surface area contributed by atoms with Gasteiger partial charge >= 0.3 is 0 Å². The molecular weight excluding hydrogens is 312 g/mol. The van der Waals surface area contributed by atoms with E-state index in [4.69, 9.17) is 21.2 Å². The van der Waals surface area contributed by atoms with Crippen LogP contribution < -0.4 is 10.5 Å². The average molecular weight is 329 g/mol. The second kappa shape index (κ2) is 6.62. The van der Waals surface area contributed by atoms with Crippen LogP contribution in [-0.2, 0) is 16.6 Å². The SMILES string of the molecule is CCC(NCc1ccc(S(N)(=O)=O)o1)c1cccc(Cl)c1. The van der Waals surface area contributed by atoms with Gasteiger partial charge in [0.25, 0.3) is 10.0 Å². The fourth-order valence-corrected chi connectivity index (χ4v) is 2.73. The third-order valence-electron chi connectivity index (χ3n) is 3.10. The first-order valence-electron chi connectivity index (χ1n) is 6.50. The van der Waals surface area contributed by atoms with E-state index < -0.39 is 10.0 Å². The monoisotopic (exact) mass is 328 g/mol. The number of primary sulfonamides is 1. The molecule has 1 aromatic heterocycles. The van der Waals surface area contributed by atoms with Crippen LogP contribution in [0.15, 0.2) is 45.9 Å². The highest BCUT2D eigenvalue weighted by atomic mass is 35.5. The lowest BCUT2D eigenvalue weighted by atomic mass is 10.0. The van der Waals surface area contributed by atoms with Crippen LogP contribution >= 0.6 is 11.6 Å². The number of nitrogens with one attached hydrogen (secondary N) is 1. The summed E-state index contributed by atoms with van der Waals surface area (Å²) in [4.78, 5) is 0. The molecule has 1 atom stereocenters. The molecule has 5 nitrogen and oxygen atoms in total. The van der Waals surface area contributed by atoms with E-state index in [0.717, 1.165) is 12.0 Å². The fraction of sp³-hybridized carbons (Fsp3) is 0.286. The lowest BCUT2D eigenvalue weighted by Crippen LogP contribution is -2.20. The summed E-state index contributed by atoms with van der Waals surface area (Å²) in [5.74, 6) is 0.513. The Labute approximate surface area is 129 Å². The smallest absolute Gasteiger partial charge is 0.271 e. The highest BCUT2D eigenvalue weighted by molar-refractivity contribution is 7.89. The van der Waals surface area contributed by atoms with Crippen molar-refractivity contribution in [2.24, 2.45) is 5.14 Å². The molecular formula is C14H17ClN2O3S. The number of rotatable bonds is 6. The van der Waals surface area contributed by atoms with Crippen LogP contribution in [-0.4, -0.2) is 8.42 Å². The van der Waals surface area contributed by atoms with Crippen LogP contribution in [0.2, 0.25) is 5.02 Å². The molecule has 0 radical (unpaired) electrons. The summed E-state index contributed by atoms with van der Waals surface area (Å²) in [7, 11) is -3.80. The molecule has 0 spiro atoms. The van der Waals surface area contributed by atoms with Gasteiger partial charge in [-0.2, -0.15) is 0 Å². The van der Waals surface area contributed by atoms with Crippen LogP contribution in [0.1, 0.15) is 30.7 Å². The van der Waals surface area contributed by atoms with Crippen LogP contribution in [0.5, 0.6) is 0 Å². The van der Waals surface area contributed by atoms with E-state index in [0.29, 0.717) is 17.3 Å². The molecule has 2 rings (SSSR count). The molecule has 1 unspecified atom stereocenters. The topological polar surface area (TPSA) is 85.3 Å². The lowest BCUT2D eigenvalue weighted by molar-refractivity contribution is 0.387. The van der Waals surface area contributed by atoms with E-state index in [-0.39, 0.29) is 11.1 Å². The molecule has 114 valence electrons. The van der Waals surface area contributed by atoms with Crippen LogP contribution in [0, 0.1) is 0 Å². The first-order valence-corrected chi connectivity index (χ1v) is 8.43. The second-order valence-corrected chi connectivity index (χ2v) is 6.59. The highest BCUT2D eigenvalue weighted by Crippen LogP contribution is 2.21. The minimum Gasteiger partial charge on any atom is -0.447 e. The summed E-state index contributed by atoms with van der Waals surface area (Å²) < 4.78 is 27.5. The molecule has 0 aliphatic carbocycles. The number of hydrogen-bond acceptors (Lipinski definition) is 4. The minimum absolute atomic E-state index is 0.103.